The Morgan fingerprint density at radius 1 is 1.25 bits per heavy atom. The van der Waals surface area contributed by atoms with Crippen LogP contribution in [0.2, 0.25) is 0 Å². The van der Waals surface area contributed by atoms with Gasteiger partial charge in [-0.3, -0.25) is 4.79 Å². The highest BCUT2D eigenvalue weighted by atomic mass is 16.1. The van der Waals surface area contributed by atoms with E-state index in [4.69, 9.17) is 0 Å². The third kappa shape index (κ3) is 1.28. The van der Waals surface area contributed by atoms with Gasteiger partial charge in [-0.05, 0) is 33.1 Å². The molecular formula is C10H17NO. The standard InChI is InChI=1S/C10H17NO/c1-9(2)6-8(12)7-10(11-9)4-3-5-10/h11H,3-7H2,1-2H3. The van der Waals surface area contributed by atoms with Crippen LogP contribution < -0.4 is 5.32 Å². The molecule has 2 fully saturated rings. The van der Waals surface area contributed by atoms with Crippen LogP contribution >= 0.6 is 0 Å². The van der Waals surface area contributed by atoms with E-state index < -0.39 is 0 Å². The third-order valence-electron chi connectivity index (χ3n) is 3.09. The first kappa shape index (κ1) is 8.24. The van der Waals surface area contributed by atoms with E-state index in [1.807, 2.05) is 0 Å². The van der Waals surface area contributed by atoms with Crippen LogP contribution in [0.5, 0.6) is 0 Å². The maximum Gasteiger partial charge on any atom is 0.136 e. The van der Waals surface area contributed by atoms with E-state index in [0.29, 0.717) is 12.2 Å². The van der Waals surface area contributed by atoms with Crippen LogP contribution in [0.15, 0.2) is 0 Å². The normalized spacial score (nSPS) is 31.7. The van der Waals surface area contributed by atoms with E-state index in [0.717, 1.165) is 6.42 Å². The van der Waals surface area contributed by atoms with Crippen LogP contribution in [0.4, 0.5) is 0 Å². The summed E-state index contributed by atoms with van der Waals surface area (Å²) >= 11 is 0. The van der Waals surface area contributed by atoms with Gasteiger partial charge in [0.25, 0.3) is 0 Å². The third-order valence-corrected chi connectivity index (χ3v) is 3.09. The molecule has 1 aliphatic heterocycles. The summed E-state index contributed by atoms with van der Waals surface area (Å²) in [4.78, 5) is 11.4. The first-order valence-electron chi connectivity index (χ1n) is 4.83. The number of hydrogen-bond acceptors (Lipinski definition) is 2. The van der Waals surface area contributed by atoms with Gasteiger partial charge in [0.2, 0.25) is 0 Å². The molecule has 1 aliphatic carbocycles. The van der Waals surface area contributed by atoms with Crippen LogP contribution in [0, 0.1) is 0 Å². The molecule has 0 aromatic carbocycles. The first-order valence-corrected chi connectivity index (χ1v) is 4.83. The summed E-state index contributed by atoms with van der Waals surface area (Å²) in [6, 6.07) is 0. The fourth-order valence-electron chi connectivity index (χ4n) is 2.64. The molecule has 0 aromatic heterocycles. The minimum absolute atomic E-state index is 0.0375. The lowest BCUT2D eigenvalue weighted by atomic mass is 9.68. The molecule has 2 heteroatoms. The fourth-order valence-corrected chi connectivity index (χ4v) is 2.64. The first-order chi connectivity index (χ1) is 5.52. The summed E-state index contributed by atoms with van der Waals surface area (Å²) in [6.07, 6.45) is 5.16. The molecule has 2 nitrogen and oxygen atoms in total. The summed E-state index contributed by atoms with van der Waals surface area (Å²) in [5.41, 5.74) is 0.245. The van der Waals surface area contributed by atoms with Crippen molar-refractivity contribution < 1.29 is 4.79 Å². The van der Waals surface area contributed by atoms with E-state index >= 15 is 0 Å². The fraction of sp³-hybridized carbons (Fsp3) is 0.900. The zero-order valence-electron chi connectivity index (χ0n) is 7.94. The molecule has 1 N–H and O–H groups in total. The maximum absolute atomic E-state index is 11.4. The van der Waals surface area contributed by atoms with Crippen molar-refractivity contribution in [3.05, 3.63) is 0 Å². The quantitative estimate of drug-likeness (QED) is 0.594. The average molecular weight is 167 g/mol. The molecule has 2 rings (SSSR count). The Bertz CT molecular complexity index is 216. The van der Waals surface area contributed by atoms with Gasteiger partial charge in [-0.1, -0.05) is 0 Å². The van der Waals surface area contributed by atoms with Crippen molar-refractivity contribution >= 4 is 5.78 Å². The van der Waals surface area contributed by atoms with E-state index in [1.54, 1.807) is 0 Å². The van der Waals surface area contributed by atoms with E-state index in [1.165, 1.54) is 19.3 Å². The van der Waals surface area contributed by atoms with Crippen molar-refractivity contribution in [3.8, 4) is 0 Å². The highest BCUT2D eigenvalue weighted by Crippen LogP contribution is 2.40. The molecule has 12 heavy (non-hydrogen) atoms. The van der Waals surface area contributed by atoms with Crippen LogP contribution in [0.1, 0.15) is 46.0 Å². The van der Waals surface area contributed by atoms with Gasteiger partial charge in [-0.15, -0.1) is 0 Å². The summed E-state index contributed by atoms with van der Waals surface area (Å²) in [7, 11) is 0. The molecule has 0 bridgehead atoms. The molecule has 1 saturated carbocycles. The number of carbonyl (C=O) groups is 1. The van der Waals surface area contributed by atoms with Gasteiger partial charge in [0.05, 0.1) is 0 Å². The Hall–Kier alpha value is -0.370. The highest BCUT2D eigenvalue weighted by molar-refractivity contribution is 5.82. The lowest BCUT2D eigenvalue weighted by molar-refractivity contribution is -0.126. The van der Waals surface area contributed by atoms with Crippen LogP contribution in [0.3, 0.4) is 0 Å². The number of nitrogens with one attached hydrogen (secondary N) is 1. The Kier molecular flexibility index (Phi) is 1.59. The minimum atomic E-state index is 0.0375. The Labute approximate surface area is 73.7 Å². The second-order valence-corrected chi connectivity index (χ2v) is 5.03. The van der Waals surface area contributed by atoms with Crippen LogP contribution in [-0.2, 0) is 4.79 Å². The SMILES string of the molecule is CC1(C)CC(=O)CC2(CCC2)N1. The zero-order valence-corrected chi connectivity index (χ0v) is 7.94. The van der Waals surface area contributed by atoms with E-state index in [-0.39, 0.29) is 11.1 Å². The van der Waals surface area contributed by atoms with E-state index in [9.17, 15) is 4.79 Å². The number of hydrogen-bond donors (Lipinski definition) is 1. The Balaban J connectivity index is 2.14. The molecule has 2 aliphatic rings. The maximum atomic E-state index is 11.4. The molecule has 68 valence electrons. The summed E-state index contributed by atoms with van der Waals surface area (Å²) in [5.74, 6) is 0.443. The number of ketones is 1. The molecule has 1 spiro atoms. The highest BCUT2D eigenvalue weighted by Gasteiger charge is 2.46. The van der Waals surface area contributed by atoms with Gasteiger partial charge in [-0.2, -0.15) is 0 Å². The lowest BCUT2D eigenvalue weighted by Crippen LogP contribution is -2.64. The van der Waals surface area contributed by atoms with Gasteiger partial charge in [0, 0.05) is 23.9 Å². The second-order valence-electron chi connectivity index (χ2n) is 5.03. The number of piperidine rings is 1. The molecule has 1 saturated heterocycles. The zero-order chi connectivity index (χ0) is 8.82. The topological polar surface area (TPSA) is 29.1 Å². The van der Waals surface area contributed by atoms with Gasteiger partial charge >= 0.3 is 0 Å². The van der Waals surface area contributed by atoms with Crippen LogP contribution in [-0.4, -0.2) is 16.9 Å². The minimum Gasteiger partial charge on any atom is -0.305 e. The van der Waals surface area contributed by atoms with Crippen molar-refractivity contribution in [3.63, 3.8) is 0 Å². The van der Waals surface area contributed by atoms with Gasteiger partial charge in [0.15, 0.2) is 0 Å². The monoisotopic (exact) mass is 167 g/mol. The van der Waals surface area contributed by atoms with Crippen molar-refractivity contribution in [2.24, 2.45) is 0 Å². The smallest absolute Gasteiger partial charge is 0.136 e. The van der Waals surface area contributed by atoms with Gasteiger partial charge in [0.1, 0.15) is 5.78 Å². The van der Waals surface area contributed by atoms with Crippen molar-refractivity contribution in [1.29, 1.82) is 0 Å². The molecular weight excluding hydrogens is 150 g/mol. The molecule has 0 unspecified atom stereocenters. The van der Waals surface area contributed by atoms with E-state index in [2.05, 4.69) is 19.2 Å². The predicted molar refractivity (Wildman–Crippen MR) is 48.0 cm³/mol. The average Bonchev–Trinajstić information content (AvgIpc) is 1.79. The van der Waals surface area contributed by atoms with Crippen molar-refractivity contribution in [2.75, 3.05) is 0 Å². The van der Waals surface area contributed by atoms with Gasteiger partial charge < -0.3 is 5.32 Å². The molecule has 0 atom stereocenters. The number of carbonyl (C=O) groups excluding carboxylic acids is 1. The molecule has 0 amide bonds. The van der Waals surface area contributed by atoms with Gasteiger partial charge in [-0.25, -0.2) is 0 Å². The van der Waals surface area contributed by atoms with Crippen molar-refractivity contribution in [1.82, 2.24) is 5.32 Å². The van der Waals surface area contributed by atoms with Crippen LogP contribution in [0.25, 0.3) is 0 Å². The summed E-state index contributed by atoms with van der Waals surface area (Å²) in [6.45, 7) is 4.26. The largest absolute Gasteiger partial charge is 0.305 e. The molecule has 1 heterocycles. The Morgan fingerprint density at radius 3 is 2.33 bits per heavy atom. The molecule has 0 radical (unpaired) electrons. The molecule has 0 aromatic rings. The lowest BCUT2D eigenvalue weighted by Gasteiger charge is -2.51. The summed E-state index contributed by atoms with van der Waals surface area (Å²) in [5, 5.41) is 3.62. The second kappa shape index (κ2) is 2.32. The number of Topliss-reactive ketones (excluding diaryl/α,β-unsaturated/α-hetero) is 1. The Morgan fingerprint density at radius 2 is 1.92 bits per heavy atom. The van der Waals surface area contributed by atoms with Crippen molar-refractivity contribution in [2.45, 2.75) is 57.0 Å². The number of rotatable bonds is 0. The summed E-state index contributed by atoms with van der Waals surface area (Å²) < 4.78 is 0. The predicted octanol–water partition coefficient (Wildman–Crippen LogP) is 1.64.